The molecule has 1 saturated carbocycles. The third-order valence-electron chi connectivity index (χ3n) is 5.46. The minimum atomic E-state index is 0.00686. The van der Waals surface area contributed by atoms with Crippen molar-refractivity contribution in [2.45, 2.75) is 51.7 Å². The van der Waals surface area contributed by atoms with E-state index in [2.05, 4.69) is 9.97 Å². The molecule has 0 saturated heterocycles. The van der Waals surface area contributed by atoms with Gasteiger partial charge in [0.1, 0.15) is 10.7 Å². The van der Waals surface area contributed by atoms with E-state index in [0.29, 0.717) is 21.6 Å². The normalized spacial score (nSPS) is 15.9. The number of amides is 1. The second-order valence-corrected chi connectivity index (χ2v) is 8.34. The van der Waals surface area contributed by atoms with Crippen molar-refractivity contribution in [2.24, 2.45) is 0 Å². The fourth-order valence-corrected chi connectivity index (χ4v) is 4.99. The van der Waals surface area contributed by atoms with Crippen molar-refractivity contribution in [3.8, 4) is 0 Å². The first-order valence-electron chi connectivity index (χ1n) is 9.36. The Kier molecular flexibility index (Phi) is 3.86. The summed E-state index contributed by atoms with van der Waals surface area (Å²) < 4.78 is 1.77. The summed E-state index contributed by atoms with van der Waals surface area (Å²) in [5.41, 5.74) is 1.86. The number of hydrogen-bond acceptors (Lipinski definition) is 5. The molecule has 4 heterocycles. The van der Waals surface area contributed by atoms with Crippen molar-refractivity contribution < 1.29 is 4.79 Å². The van der Waals surface area contributed by atoms with Gasteiger partial charge in [-0.15, -0.1) is 11.3 Å². The van der Waals surface area contributed by atoms with Gasteiger partial charge in [-0.05, 0) is 49.4 Å². The minimum Gasteiger partial charge on any atom is -0.331 e. The number of carbonyl (C=O) groups excluding carboxylic acids is 1. The Morgan fingerprint density at radius 3 is 2.85 bits per heavy atom. The smallest absolute Gasteiger partial charge is 0.264 e. The summed E-state index contributed by atoms with van der Waals surface area (Å²) in [5, 5.41) is 0.619. The lowest BCUT2D eigenvalue weighted by Crippen LogP contribution is -2.32. The van der Waals surface area contributed by atoms with Crippen LogP contribution in [0, 0.1) is 6.92 Å². The first kappa shape index (κ1) is 16.6. The molecule has 27 heavy (non-hydrogen) atoms. The molecule has 0 atom stereocenters. The predicted molar refractivity (Wildman–Crippen MR) is 104 cm³/mol. The summed E-state index contributed by atoms with van der Waals surface area (Å²) in [6.45, 7) is 3.18. The molecule has 0 aromatic carbocycles. The van der Waals surface area contributed by atoms with Crippen molar-refractivity contribution >= 4 is 27.5 Å². The van der Waals surface area contributed by atoms with Crippen LogP contribution in [0.3, 0.4) is 0 Å². The van der Waals surface area contributed by atoms with E-state index in [4.69, 9.17) is 0 Å². The molecular formula is C20H20N4O2S. The lowest BCUT2D eigenvalue weighted by atomic mass is 10.2. The van der Waals surface area contributed by atoms with Gasteiger partial charge < -0.3 is 4.90 Å². The molecule has 2 aliphatic rings. The summed E-state index contributed by atoms with van der Waals surface area (Å²) in [5.74, 6) is 0.864. The molecule has 1 aliphatic carbocycles. The highest BCUT2D eigenvalue weighted by atomic mass is 32.1. The Morgan fingerprint density at radius 1 is 1.33 bits per heavy atom. The molecule has 138 valence electrons. The summed E-state index contributed by atoms with van der Waals surface area (Å²) >= 11 is 1.37. The number of aryl methyl sites for hydroxylation is 2. The van der Waals surface area contributed by atoms with Gasteiger partial charge in [-0.1, -0.05) is 0 Å². The van der Waals surface area contributed by atoms with Crippen LogP contribution in [-0.4, -0.2) is 31.4 Å². The van der Waals surface area contributed by atoms with Crippen LogP contribution in [0.4, 0.5) is 0 Å². The van der Waals surface area contributed by atoms with E-state index in [0.717, 1.165) is 49.2 Å². The Morgan fingerprint density at radius 2 is 2.11 bits per heavy atom. The molecule has 0 radical (unpaired) electrons. The molecule has 1 fully saturated rings. The van der Waals surface area contributed by atoms with Gasteiger partial charge in [0.15, 0.2) is 0 Å². The zero-order valence-electron chi connectivity index (χ0n) is 15.1. The average Bonchev–Trinajstić information content (AvgIpc) is 3.31. The summed E-state index contributed by atoms with van der Waals surface area (Å²) in [6, 6.07) is 4.17. The second-order valence-electron chi connectivity index (χ2n) is 7.34. The van der Waals surface area contributed by atoms with E-state index in [1.54, 1.807) is 17.0 Å². The largest absolute Gasteiger partial charge is 0.331 e. The third kappa shape index (κ3) is 2.77. The number of nitrogens with zero attached hydrogens (tertiary/aromatic N) is 4. The van der Waals surface area contributed by atoms with E-state index in [1.807, 2.05) is 24.0 Å². The molecule has 0 unspecified atom stereocenters. The SMILES string of the molecule is Cc1c(C(=O)N(Cc2ccncc2)C2CC2)sc2nc3n(c(=O)c12)CCC3. The predicted octanol–water partition coefficient (Wildman–Crippen LogP) is 2.91. The molecule has 3 aromatic heterocycles. The highest BCUT2D eigenvalue weighted by molar-refractivity contribution is 7.20. The van der Waals surface area contributed by atoms with E-state index < -0.39 is 0 Å². The molecular weight excluding hydrogens is 360 g/mol. The van der Waals surface area contributed by atoms with Crippen molar-refractivity contribution in [3.05, 3.63) is 56.7 Å². The van der Waals surface area contributed by atoms with Gasteiger partial charge in [0.05, 0.1) is 10.3 Å². The summed E-state index contributed by atoms with van der Waals surface area (Å²) in [7, 11) is 0. The van der Waals surface area contributed by atoms with Gasteiger partial charge in [0.2, 0.25) is 0 Å². The van der Waals surface area contributed by atoms with Gasteiger partial charge in [0, 0.05) is 37.9 Å². The molecule has 7 heteroatoms. The molecule has 3 aromatic rings. The van der Waals surface area contributed by atoms with Crippen LogP contribution in [0.5, 0.6) is 0 Å². The lowest BCUT2D eigenvalue weighted by Gasteiger charge is -2.22. The number of pyridine rings is 1. The maximum atomic E-state index is 13.4. The maximum absolute atomic E-state index is 13.4. The van der Waals surface area contributed by atoms with Crippen LogP contribution >= 0.6 is 11.3 Å². The Hall–Kier alpha value is -2.54. The first-order valence-corrected chi connectivity index (χ1v) is 10.2. The maximum Gasteiger partial charge on any atom is 0.264 e. The van der Waals surface area contributed by atoms with Gasteiger partial charge in [-0.3, -0.25) is 19.1 Å². The number of carbonyl (C=O) groups is 1. The van der Waals surface area contributed by atoms with Crippen LogP contribution in [0.1, 0.15) is 45.9 Å². The van der Waals surface area contributed by atoms with E-state index in [9.17, 15) is 9.59 Å². The van der Waals surface area contributed by atoms with Crippen LogP contribution < -0.4 is 5.56 Å². The second kappa shape index (κ2) is 6.27. The highest BCUT2D eigenvalue weighted by Gasteiger charge is 2.35. The minimum absolute atomic E-state index is 0.00686. The molecule has 0 spiro atoms. The summed E-state index contributed by atoms with van der Waals surface area (Å²) in [4.78, 5) is 38.3. The van der Waals surface area contributed by atoms with E-state index >= 15 is 0 Å². The average molecular weight is 380 g/mol. The molecule has 0 bridgehead atoms. The quantitative estimate of drug-likeness (QED) is 0.698. The Balaban J connectivity index is 1.56. The molecule has 1 amide bonds. The van der Waals surface area contributed by atoms with E-state index in [-0.39, 0.29) is 17.5 Å². The van der Waals surface area contributed by atoms with Gasteiger partial charge in [0.25, 0.3) is 11.5 Å². The standard InChI is InChI=1S/C20H20N4O2S/c1-12-16-18(22-15-3-2-10-23(15)19(16)25)27-17(12)20(26)24(14-4-5-14)11-13-6-8-21-9-7-13/h6-9,14H,2-5,10-11H2,1H3. The fraction of sp³-hybridized carbons (Fsp3) is 0.400. The first-order chi connectivity index (χ1) is 13.1. The Bertz CT molecular complexity index is 1100. The van der Waals surface area contributed by atoms with Gasteiger partial charge in [-0.25, -0.2) is 4.98 Å². The van der Waals surface area contributed by atoms with Gasteiger partial charge >= 0.3 is 0 Å². The summed E-state index contributed by atoms with van der Waals surface area (Å²) in [6.07, 6.45) is 7.38. The van der Waals surface area contributed by atoms with Crippen molar-refractivity contribution in [3.63, 3.8) is 0 Å². The van der Waals surface area contributed by atoms with Crippen molar-refractivity contribution in [1.82, 2.24) is 19.4 Å². The number of fused-ring (bicyclic) bond motifs is 2. The van der Waals surface area contributed by atoms with Crippen LogP contribution in [0.25, 0.3) is 10.2 Å². The third-order valence-corrected chi connectivity index (χ3v) is 6.63. The van der Waals surface area contributed by atoms with E-state index in [1.165, 1.54) is 11.3 Å². The van der Waals surface area contributed by atoms with Crippen LogP contribution in [-0.2, 0) is 19.5 Å². The monoisotopic (exact) mass is 380 g/mol. The zero-order chi connectivity index (χ0) is 18.5. The fourth-order valence-electron chi connectivity index (χ4n) is 3.85. The number of hydrogen-bond donors (Lipinski definition) is 0. The molecule has 1 aliphatic heterocycles. The van der Waals surface area contributed by atoms with Crippen LogP contribution in [0.15, 0.2) is 29.3 Å². The van der Waals surface area contributed by atoms with Crippen molar-refractivity contribution in [2.75, 3.05) is 0 Å². The highest BCUT2D eigenvalue weighted by Crippen LogP contribution is 2.34. The van der Waals surface area contributed by atoms with Crippen LogP contribution in [0.2, 0.25) is 0 Å². The molecule has 0 N–H and O–H groups in total. The number of aromatic nitrogens is 3. The topological polar surface area (TPSA) is 68.1 Å². The molecule has 5 rings (SSSR count). The van der Waals surface area contributed by atoms with Crippen molar-refractivity contribution in [1.29, 1.82) is 0 Å². The molecule has 6 nitrogen and oxygen atoms in total. The number of rotatable bonds is 4. The van der Waals surface area contributed by atoms with Gasteiger partial charge in [-0.2, -0.15) is 0 Å². The zero-order valence-corrected chi connectivity index (χ0v) is 16.0. The lowest BCUT2D eigenvalue weighted by molar-refractivity contribution is 0.0734. The Labute approximate surface area is 160 Å². The number of thiophene rings is 1.